The van der Waals surface area contributed by atoms with Gasteiger partial charge in [0.25, 0.3) is 0 Å². The van der Waals surface area contributed by atoms with Crippen molar-refractivity contribution in [2.45, 2.75) is 35.5 Å². The third kappa shape index (κ3) is 2.41. The summed E-state index contributed by atoms with van der Waals surface area (Å²) in [5, 5.41) is 0. The lowest BCUT2D eigenvalue weighted by Crippen LogP contribution is -2.69. The molecule has 0 atom stereocenters. The first kappa shape index (κ1) is 19.5. The summed E-state index contributed by atoms with van der Waals surface area (Å²) in [7, 11) is 1.51. The fourth-order valence-corrected chi connectivity index (χ4v) is 0.902. The SMILES string of the molecule is FC(F)(F)C(F)(F)C(F)(F)C(F)(F)C(F)(F)C(F)(F)[P]. The minimum atomic E-state index is -7.85. The summed E-state index contributed by atoms with van der Waals surface area (Å²) in [6.07, 6.45) is -7.39. The average Bonchev–Trinajstić information content (AvgIpc) is 2.12. The molecular formula is C6F13P. The minimum Gasteiger partial charge on any atom is -0.194 e. The van der Waals surface area contributed by atoms with E-state index in [9.17, 15) is 57.1 Å². The van der Waals surface area contributed by atoms with Gasteiger partial charge in [0.1, 0.15) is 0 Å². The third-order valence-corrected chi connectivity index (χ3v) is 2.20. The van der Waals surface area contributed by atoms with Gasteiger partial charge in [-0.1, -0.05) is 0 Å². The molecule has 14 heteroatoms. The van der Waals surface area contributed by atoms with Crippen LogP contribution in [0.1, 0.15) is 0 Å². The molecular weight excluding hydrogens is 350 g/mol. The Morgan fingerprint density at radius 1 is 0.400 bits per heavy atom. The molecule has 2 radical (unpaired) electrons. The molecule has 0 saturated carbocycles. The van der Waals surface area contributed by atoms with Crippen molar-refractivity contribution in [1.82, 2.24) is 0 Å². The zero-order valence-corrected chi connectivity index (χ0v) is 9.26. The van der Waals surface area contributed by atoms with E-state index in [0.29, 0.717) is 0 Å². The van der Waals surface area contributed by atoms with Crippen molar-refractivity contribution in [3.8, 4) is 0 Å². The second kappa shape index (κ2) is 4.51. The predicted molar refractivity (Wildman–Crippen MR) is 37.7 cm³/mol. The molecule has 0 aromatic heterocycles. The van der Waals surface area contributed by atoms with Crippen LogP contribution in [0, 0.1) is 0 Å². The average molecular weight is 350 g/mol. The molecule has 0 rings (SSSR count). The van der Waals surface area contributed by atoms with Gasteiger partial charge in [-0.15, -0.1) is 0 Å². The Balaban J connectivity index is 6.08. The maximum absolute atomic E-state index is 12.5. The molecule has 0 amide bonds. The largest absolute Gasteiger partial charge is 0.460 e. The number of halogens is 13. The molecule has 20 heavy (non-hydrogen) atoms. The van der Waals surface area contributed by atoms with Gasteiger partial charge in [-0.25, -0.2) is 0 Å². The van der Waals surface area contributed by atoms with E-state index in [-0.39, 0.29) is 0 Å². The van der Waals surface area contributed by atoms with Crippen LogP contribution in [0.15, 0.2) is 0 Å². The van der Waals surface area contributed by atoms with E-state index in [1.807, 2.05) is 0 Å². The number of alkyl halides is 13. The smallest absolute Gasteiger partial charge is 0.194 e. The Morgan fingerprint density at radius 3 is 0.850 bits per heavy atom. The first-order chi connectivity index (χ1) is 8.25. The Kier molecular flexibility index (Phi) is 4.40. The lowest BCUT2D eigenvalue weighted by Gasteiger charge is -2.38. The lowest BCUT2D eigenvalue weighted by molar-refractivity contribution is -0.433. The zero-order chi connectivity index (χ0) is 17.0. The van der Waals surface area contributed by atoms with Crippen molar-refractivity contribution >= 4 is 9.24 Å². The lowest BCUT2D eigenvalue weighted by atomic mass is 9.98. The van der Waals surface area contributed by atoms with Crippen LogP contribution in [0.4, 0.5) is 57.1 Å². The van der Waals surface area contributed by atoms with Crippen molar-refractivity contribution < 1.29 is 57.1 Å². The summed E-state index contributed by atoms with van der Waals surface area (Å²) in [6, 6.07) is 0. The van der Waals surface area contributed by atoms with Gasteiger partial charge in [0.2, 0.25) is 0 Å². The summed E-state index contributed by atoms with van der Waals surface area (Å²) in [5.41, 5.74) is -6.29. The van der Waals surface area contributed by atoms with E-state index < -0.39 is 35.5 Å². The Bertz CT molecular complexity index is 324. The molecule has 120 valence electrons. The molecule has 0 nitrogen and oxygen atoms in total. The molecule has 0 aliphatic carbocycles. The highest BCUT2D eigenvalue weighted by atomic mass is 31.0. The van der Waals surface area contributed by atoms with E-state index in [0.717, 1.165) is 0 Å². The molecule has 0 spiro atoms. The van der Waals surface area contributed by atoms with Crippen LogP contribution in [0.25, 0.3) is 0 Å². The third-order valence-electron chi connectivity index (χ3n) is 1.92. The molecule has 0 fully saturated rings. The fourth-order valence-electron chi connectivity index (χ4n) is 0.761. The van der Waals surface area contributed by atoms with Gasteiger partial charge >= 0.3 is 35.5 Å². The van der Waals surface area contributed by atoms with Gasteiger partial charge in [0.15, 0.2) is 0 Å². The molecule has 0 heterocycles. The number of rotatable bonds is 4. The van der Waals surface area contributed by atoms with Crippen molar-refractivity contribution in [2.75, 3.05) is 0 Å². The van der Waals surface area contributed by atoms with Crippen molar-refractivity contribution in [3.05, 3.63) is 0 Å². The van der Waals surface area contributed by atoms with Crippen LogP contribution in [0.5, 0.6) is 0 Å². The molecule has 0 aliphatic heterocycles. The van der Waals surface area contributed by atoms with Crippen LogP contribution in [0.2, 0.25) is 0 Å². The maximum atomic E-state index is 12.5. The van der Waals surface area contributed by atoms with E-state index >= 15 is 0 Å². The van der Waals surface area contributed by atoms with Crippen molar-refractivity contribution in [3.63, 3.8) is 0 Å². The van der Waals surface area contributed by atoms with Gasteiger partial charge in [-0.2, -0.15) is 57.1 Å². The van der Waals surface area contributed by atoms with Crippen LogP contribution < -0.4 is 0 Å². The first-order valence-corrected chi connectivity index (χ1v) is 4.38. The fraction of sp³-hybridized carbons (Fsp3) is 1.00. The number of hydrogen-bond donors (Lipinski definition) is 0. The Hall–Kier alpha value is -0.480. The second-order valence-electron chi connectivity index (χ2n) is 3.34. The predicted octanol–water partition coefficient (Wildman–Crippen LogP) is 5.09. The van der Waals surface area contributed by atoms with Crippen LogP contribution >= 0.6 is 9.24 Å². The van der Waals surface area contributed by atoms with Crippen molar-refractivity contribution in [1.29, 1.82) is 0 Å². The normalized spacial score (nSPS) is 16.5. The van der Waals surface area contributed by atoms with Gasteiger partial charge < -0.3 is 0 Å². The van der Waals surface area contributed by atoms with Gasteiger partial charge in [0.05, 0.1) is 0 Å². The van der Waals surface area contributed by atoms with E-state index in [1.165, 1.54) is 9.24 Å². The molecule has 0 bridgehead atoms. The van der Waals surface area contributed by atoms with Gasteiger partial charge in [-0.3, -0.25) is 0 Å². The van der Waals surface area contributed by atoms with Crippen LogP contribution in [-0.4, -0.2) is 35.5 Å². The Labute approximate surface area is 103 Å². The zero-order valence-electron chi connectivity index (χ0n) is 8.36. The maximum Gasteiger partial charge on any atom is 0.460 e. The summed E-state index contributed by atoms with van der Waals surface area (Å²) in [5.74, 6) is -30.6. The highest BCUT2D eigenvalue weighted by Gasteiger charge is 2.90. The quantitative estimate of drug-likeness (QED) is 0.489. The van der Waals surface area contributed by atoms with E-state index in [2.05, 4.69) is 0 Å². The van der Waals surface area contributed by atoms with Crippen molar-refractivity contribution in [2.24, 2.45) is 0 Å². The highest BCUT2D eigenvalue weighted by Crippen LogP contribution is 2.61. The van der Waals surface area contributed by atoms with Gasteiger partial charge in [-0.05, 0) is 0 Å². The van der Waals surface area contributed by atoms with E-state index in [4.69, 9.17) is 0 Å². The first-order valence-electron chi connectivity index (χ1n) is 3.93. The van der Waals surface area contributed by atoms with Crippen LogP contribution in [-0.2, 0) is 0 Å². The highest BCUT2D eigenvalue weighted by molar-refractivity contribution is 7.18. The molecule has 0 aliphatic rings. The molecule has 0 aromatic rings. The number of hydrogen-bond acceptors (Lipinski definition) is 0. The monoisotopic (exact) mass is 350 g/mol. The van der Waals surface area contributed by atoms with E-state index in [1.54, 1.807) is 0 Å². The summed E-state index contributed by atoms with van der Waals surface area (Å²) >= 11 is 0. The van der Waals surface area contributed by atoms with Crippen LogP contribution in [0.3, 0.4) is 0 Å². The second-order valence-corrected chi connectivity index (χ2v) is 3.90. The summed E-state index contributed by atoms with van der Waals surface area (Å²) < 4.78 is 157. The molecule has 0 N–H and O–H groups in total. The summed E-state index contributed by atoms with van der Waals surface area (Å²) in [6.45, 7) is 0. The minimum absolute atomic E-state index is 1.51. The topological polar surface area (TPSA) is 0 Å². The Morgan fingerprint density at radius 2 is 0.650 bits per heavy atom. The molecule has 0 saturated heterocycles. The standard InChI is InChI=1S/C6F13P/c7-1(8,3(11,12)5(15,16)17)2(9,10)4(13,14)6(18,19)20. The van der Waals surface area contributed by atoms with Gasteiger partial charge in [0, 0.05) is 9.24 Å². The molecule has 0 unspecified atom stereocenters. The summed E-state index contributed by atoms with van der Waals surface area (Å²) in [4.78, 5) is 0. The molecule has 0 aromatic carbocycles.